The quantitative estimate of drug-likeness (QED) is 0.641. The molecular formula is C17H14ClF3N4O. The van der Waals surface area contributed by atoms with Gasteiger partial charge in [-0.05, 0) is 12.3 Å². The second-order valence-corrected chi connectivity index (χ2v) is 7.10. The molecule has 0 bridgehead atoms. The molecule has 0 unspecified atom stereocenters. The fraction of sp³-hybridized carbons (Fsp3) is 0.412. The second-order valence-electron chi connectivity index (χ2n) is 6.72. The standard InChI is InChI=1S/C17H14ClF3N4O/c18-15-3-14(24-8-13-4-16(13,9-24)10-26)12(6-22-15)2-1-11-5-23-25(7-11)17(19,20)21/h3,5-7,13,26H,4,8-10H2/t13-,16+/m1/s1. The minimum Gasteiger partial charge on any atom is -0.396 e. The topological polar surface area (TPSA) is 54.2 Å². The van der Waals surface area contributed by atoms with Gasteiger partial charge in [0.1, 0.15) is 5.15 Å². The number of hydrogen-bond acceptors (Lipinski definition) is 4. The van der Waals surface area contributed by atoms with Crippen LogP contribution in [0, 0.1) is 23.2 Å². The van der Waals surface area contributed by atoms with Crippen LogP contribution in [0.3, 0.4) is 0 Å². The van der Waals surface area contributed by atoms with Crippen LogP contribution >= 0.6 is 11.6 Å². The van der Waals surface area contributed by atoms with Crippen molar-refractivity contribution in [3.05, 3.63) is 40.9 Å². The van der Waals surface area contributed by atoms with E-state index in [0.29, 0.717) is 23.2 Å². The molecule has 0 amide bonds. The maximum Gasteiger partial charge on any atom is 0.504 e. The number of aliphatic hydroxyl groups excluding tert-OH is 1. The molecule has 2 fully saturated rings. The number of aromatic nitrogens is 3. The van der Waals surface area contributed by atoms with E-state index in [4.69, 9.17) is 11.6 Å². The molecule has 5 nitrogen and oxygen atoms in total. The zero-order valence-corrected chi connectivity index (χ0v) is 14.2. The van der Waals surface area contributed by atoms with Gasteiger partial charge in [0.05, 0.1) is 29.6 Å². The van der Waals surface area contributed by atoms with Crippen molar-refractivity contribution in [1.29, 1.82) is 0 Å². The van der Waals surface area contributed by atoms with Crippen LogP contribution in [-0.2, 0) is 6.30 Å². The largest absolute Gasteiger partial charge is 0.504 e. The van der Waals surface area contributed by atoms with Gasteiger partial charge in [-0.3, -0.25) is 0 Å². The molecule has 1 saturated carbocycles. The molecule has 0 aromatic carbocycles. The molecule has 4 rings (SSSR count). The summed E-state index contributed by atoms with van der Waals surface area (Å²) in [5.41, 5.74) is 1.46. The van der Waals surface area contributed by atoms with Gasteiger partial charge in [-0.25, -0.2) is 4.98 Å². The summed E-state index contributed by atoms with van der Waals surface area (Å²) >= 11 is 6.01. The predicted molar refractivity (Wildman–Crippen MR) is 88.6 cm³/mol. The Bertz CT molecular complexity index is 913. The van der Waals surface area contributed by atoms with E-state index in [9.17, 15) is 18.3 Å². The summed E-state index contributed by atoms with van der Waals surface area (Å²) in [7, 11) is 0. The molecule has 2 aliphatic rings. The first-order valence-corrected chi connectivity index (χ1v) is 8.34. The SMILES string of the molecule is OC[C@@]12C[C@@H]1CN(c1cc(Cl)ncc1C#Cc1cnn(C(F)(F)F)c1)C2. The highest BCUT2D eigenvalue weighted by atomic mass is 35.5. The molecule has 1 N–H and O–H groups in total. The van der Waals surface area contributed by atoms with Gasteiger partial charge >= 0.3 is 6.30 Å². The Balaban J connectivity index is 1.61. The van der Waals surface area contributed by atoms with Gasteiger partial charge in [-0.2, -0.15) is 9.78 Å². The molecule has 136 valence electrons. The Hall–Kier alpha value is -2.24. The molecule has 1 saturated heterocycles. The van der Waals surface area contributed by atoms with Gasteiger partial charge in [0.15, 0.2) is 0 Å². The number of fused-ring (bicyclic) bond motifs is 1. The Morgan fingerprint density at radius 2 is 2.15 bits per heavy atom. The summed E-state index contributed by atoms with van der Waals surface area (Å²) in [5.74, 6) is 6.00. The molecule has 26 heavy (non-hydrogen) atoms. The van der Waals surface area contributed by atoms with Crippen LogP contribution in [-0.4, -0.2) is 39.6 Å². The minimum atomic E-state index is -4.57. The number of nitrogens with zero attached hydrogens (tertiary/aromatic N) is 4. The predicted octanol–water partition coefficient (Wildman–Crippen LogP) is 2.63. The van der Waals surface area contributed by atoms with Crippen LogP contribution in [0.2, 0.25) is 5.15 Å². The highest BCUT2D eigenvalue weighted by Crippen LogP contribution is 2.58. The Kier molecular flexibility index (Phi) is 3.90. The lowest BCUT2D eigenvalue weighted by Crippen LogP contribution is -2.26. The third-order valence-corrected chi connectivity index (χ3v) is 5.20. The van der Waals surface area contributed by atoms with Gasteiger partial charge in [-0.15, -0.1) is 13.2 Å². The van der Waals surface area contributed by atoms with Gasteiger partial charge in [0.2, 0.25) is 0 Å². The average Bonchev–Trinajstić information content (AvgIpc) is 2.97. The number of rotatable bonds is 2. The highest BCUT2D eigenvalue weighted by Gasteiger charge is 2.59. The van der Waals surface area contributed by atoms with E-state index in [0.717, 1.165) is 31.0 Å². The van der Waals surface area contributed by atoms with Crippen molar-refractivity contribution in [2.45, 2.75) is 12.7 Å². The fourth-order valence-corrected chi connectivity index (χ4v) is 3.62. The van der Waals surface area contributed by atoms with E-state index in [1.165, 1.54) is 6.20 Å². The van der Waals surface area contributed by atoms with E-state index in [-0.39, 0.29) is 22.3 Å². The zero-order valence-electron chi connectivity index (χ0n) is 13.5. The summed E-state index contributed by atoms with van der Waals surface area (Å²) in [4.78, 5) is 6.12. The van der Waals surface area contributed by atoms with Crippen LogP contribution in [0.4, 0.5) is 18.9 Å². The number of hydrogen-bond donors (Lipinski definition) is 1. The number of alkyl halides is 3. The smallest absolute Gasteiger partial charge is 0.396 e. The van der Waals surface area contributed by atoms with Crippen molar-refractivity contribution in [3.63, 3.8) is 0 Å². The summed E-state index contributed by atoms with van der Waals surface area (Å²) in [6.07, 6.45) is -0.149. The first kappa shape index (κ1) is 17.2. The summed E-state index contributed by atoms with van der Waals surface area (Å²) < 4.78 is 37.7. The van der Waals surface area contributed by atoms with E-state index in [1.54, 1.807) is 6.07 Å². The third kappa shape index (κ3) is 3.02. The molecule has 1 aliphatic heterocycles. The highest BCUT2D eigenvalue weighted by molar-refractivity contribution is 6.29. The third-order valence-electron chi connectivity index (χ3n) is 4.99. The van der Waals surface area contributed by atoms with E-state index in [1.807, 2.05) is 0 Å². The Morgan fingerprint density at radius 3 is 2.81 bits per heavy atom. The molecule has 1 aliphatic carbocycles. The van der Waals surface area contributed by atoms with Gasteiger partial charge < -0.3 is 10.0 Å². The van der Waals surface area contributed by atoms with Gasteiger partial charge in [-0.1, -0.05) is 23.4 Å². The number of aliphatic hydroxyl groups is 1. The van der Waals surface area contributed by atoms with Crippen LogP contribution in [0.15, 0.2) is 24.7 Å². The molecule has 2 aromatic rings. The van der Waals surface area contributed by atoms with Crippen molar-refractivity contribution in [2.24, 2.45) is 11.3 Å². The van der Waals surface area contributed by atoms with Crippen LogP contribution in [0.1, 0.15) is 17.5 Å². The molecule has 2 atom stereocenters. The first-order chi connectivity index (χ1) is 12.3. The number of pyridine rings is 1. The lowest BCUT2D eigenvalue weighted by Gasteiger charge is -2.23. The van der Waals surface area contributed by atoms with Gasteiger partial charge in [0, 0.05) is 37.0 Å². The Labute approximate surface area is 152 Å². The van der Waals surface area contributed by atoms with Crippen LogP contribution in [0.25, 0.3) is 0 Å². The number of piperidine rings is 1. The Morgan fingerprint density at radius 1 is 1.35 bits per heavy atom. The van der Waals surface area contributed by atoms with Crippen molar-refractivity contribution in [3.8, 4) is 11.8 Å². The lowest BCUT2D eigenvalue weighted by molar-refractivity contribution is -0.212. The van der Waals surface area contributed by atoms with E-state index < -0.39 is 6.30 Å². The van der Waals surface area contributed by atoms with E-state index in [2.05, 4.69) is 26.8 Å². The van der Waals surface area contributed by atoms with Crippen molar-refractivity contribution < 1.29 is 18.3 Å². The first-order valence-electron chi connectivity index (χ1n) is 7.96. The monoisotopic (exact) mass is 382 g/mol. The molecule has 3 heterocycles. The van der Waals surface area contributed by atoms with Crippen LogP contribution < -0.4 is 4.90 Å². The van der Waals surface area contributed by atoms with E-state index >= 15 is 0 Å². The summed E-state index contributed by atoms with van der Waals surface area (Å²) in [6, 6.07) is 1.69. The van der Waals surface area contributed by atoms with Crippen molar-refractivity contribution >= 4 is 17.3 Å². The summed E-state index contributed by atoms with van der Waals surface area (Å²) in [6.45, 7) is 1.64. The maximum atomic E-state index is 12.6. The maximum absolute atomic E-state index is 12.6. The molecular weight excluding hydrogens is 369 g/mol. The molecule has 0 radical (unpaired) electrons. The summed E-state index contributed by atoms with van der Waals surface area (Å²) in [5, 5.41) is 13.2. The average molecular weight is 383 g/mol. The van der Waals surface area contributed by atoms with Crippen LogP contribution in [0.5, 0.6) is 0 Å². The van der Waals surface area contributed by atoms with Gasteiger partial charge in [0.25, 0.3) is 0 Å². The second kappa shape index (κ2) is 5.89. The molecule has 2 aromatic heterocycles. The fourth-order valence-electron chi connectivity index (χ4n) is 3.47. The lowest BCUT2D eigenvalue weighted by atomic mass is 10.1. The van der Waals surface area contributed by atoms with Crippen molar-refractivity contribution in [1.82, 2.24) is 14.8 Å². The van der Waals surface area contributed by atoms with Crippen molar-refractivity contribution in [2.75, 3.05) is 24.6 Å². The normalized spacial score (nSPS) is 24.2. The minimum absolute atomic E-state index is 0.0473. The molecule has 0 spiro atoms. The zero-order chi connectivity index (χ0) is 18.5. The number of halogens is 4. The molecule has 9 heteroatoms. The number of anilines is 1.